The number of aromatic nitrogens is 1. The highest BCUT2D eigenvalue weighted by Gasteiger charge is 2.20. The van der Waals surface area contributed by atoms with Crippen molar-refractivity contribution in [3.05, 3.63) is 18.3 Å². The van der Waals surface area contributed by atoms with E-state index >= 15 is 0 Å². The number of nitrogens with zero attached hydrogens (tertiary/aromatic N) is 3. The van der Waals surface area contributed by atoms with Crippen LogP contribution in [-0.2, 0) is 4.79 Å². The van der Waals surface area contributed by atoms with Crippen molar-refractivity contribution < 1.29 is 4.79 Å². The van der Waals surface area contributed by atoms with Crippen molar-refractivity contribution in [2.45, 2.75) is 31.8 Å². The van der Waals surface area contributed by atoms with Gasteiger partial charge < -0.3 is 20.9 Å². The molecule has 1 aliphatic heterocycles. The third-order valence-electron chi connectivity index (χ3n) is 3.97. The van der Waals surface area contributed by atoms with Crippen LogP contribution in [0.5, 0.6) is 0 Å². The highest BCUT2D eigenvalue weighted by molar-refractivity contribution is 5.93. The quantitative estimate of drug-likeness (QED) is 0.810. The van der Waals surface area contributed by atoms with Crippen LogP contribution in [0.25, 0.3) is 0 Å². The van der Waals surface area contributed by atoms with Crippen LogP contribution in [0.15, 0.2) is 18.3 Å². The lowest BCUT2D eigenvalue weighted by atomic mass is 10.0. The lowest BCUT2D eigenvalue weighted by Crippen LogP contribution is -2.42. The first-order valence-corrected chi connectivity index (χ1v) is 7.41. The van der Waals surface area contributed by atoms with E-state index in [1.807, 2.05) is 18.3 Å². The molecule has 2 heterocycles. The van der Waals surface area contributed by atoms with E-state index in [-0.39, 0.29) is 43.1 Å². The molecule has 0 unspecified atom stereocenters. The maximum Gasteiger partial charge on any atom is 0.242 e. The molecule has 0 radical (unpaired) electrons. The summed E-state index contributed by atoms with van der Waals surface area (Å²) in [4.78, 5) is 20.4. The molecule has 0 aromatic carbocycles. The van der Waals surface area contributed by atoms with Crippen LogP contribution in [0.2, 0.25) is 0 Å². The lowest BCUT2D eigenvalue weighted by Gasteiger charge is -2.36. The van der Waals surface area contributed by atoms with Crippen LogP contribution in [0.3, 0.4) is 0 Å². The zero-order valence-electron chi connectivity index (χ0n) is 14.3. The summed E-state index contributed by atoms with van der Waals surface area (Å²) in [5.41, 5.74) is 6.62. The Morgan fingerprint density at radius 2 is 1.88 bits per heavy atom. The molecule has 1 fully saturated rings. The van der Waals surface area contributed by atoms with Crippen molar-refractivity contribution in [1.29, 1.82) is 0 Å². The Morgan fingerprint density at radius 1 is 1.29 bits per heavy atom. The molecule has 24 heavy (non-hydrogen) atoms. The fourth-order valence-corrected chi connectivity index (χ4v) is 2.53. The van der Waals surface area contributed by atoms with Gasteiger partial charge in [0.1, 0.15) is 5.82 Å². The summed E-state index contributed by atoms with van der Waals surface area (Å²) in [5.74, 6) is 0.325. The normalized spacial score (nSPS) is 15.6. The monoisotopic (exact) mass is 399 g/mol. The van der Waals surface area contributed by atoms with E-state index in [2.05, 4.69) is 34.2 Å². The molecule has 1 atom stereocenters. The van der Waals surface area contributed by atoms with Crippen molar-refractivity contribution in [2.24, 2.45) is 5.73 Å². The summed E-state index contributed by atoms with van der Waals surface area (Å²) < 4.78 is 0. The topological polar surface area (TPSA) is 74.5 Å². The first-order valence-electron chi connectivity index (χ1n) is 7.41. The van der Waals surface area contributed by atoms with Crippen molar-refractivity contribution in [3.63, 3.8) is 0 Å². The Labute approximate surface area is 162 Å². The summed E-state index contributed by atoms with van der Waals surface area (Å²) in [5, 5.41) is 2.69. The average molecular weight is 401 g/mol. The number of hydrogen-bond donors (Lipinski definition) is 2. The molecule has 9 heteroatoms. The van der Waals surface area contributed by atoms with Crippen molar-refractivity contribution in [1.82, 2.24) is 9.88 Å². The number of piperidine rings is 1. The number of nitrogens with one attached hydrogen (secondary N) is 1. The molecule has 0 bridgehead atoms. The van der Waals surface area contributed by atoms with E-state index < -0.39 is 6.04 Å². The van der Waals surface area contributed by atoms with E-state index in [0.717, 1.165) is 31.6 Å². The van der Waals surface area contributed by atoms with Gasteiger partial charge in [0.15, 0.2) is 0 Å². The number of carbonyl (C=O) groups is 1. The van der Waals surface area contributed by atoms with Crippen LogP contribution < -0.4 is 16.0 Å². The fourth-order valence-electron chi connectivity index (χ4n) is 2.53. The molecule has 0 spiro atoms. The molecule has 2 rings (SSSR count). The Hall–Kier alpha value is -0.790. The van der Waals surface area contributed by atoms with Crippen molar-refractivity contribution in [2.75, 3.05) is 37.4 Å². The summed E-state index contributed by atoms with van der Waals surface area (Å²) in [6.45, 7) is 3.73. The maximum atomic E-state index is 11.5. The summed E-state index contributed by atoms with van der Waals surface area (Å²) >= 11 is 0. The number of carbonyl (C=O) groups excluding carboxylic acids is 1. The molecule has 3 N–H and O–H groups in total. The number of nitrogens with two attached hydrogens (primary N) is 1. The molecule has 1 aliphatic rings. The third-order valence-corrected chi connectivity index (χ3v) is 3.97. The Kier molecular flexibility index (Phi) is 12.4. The third kappa shape index (κ3) is 6.99. The number of amides is 1. The van der Waals surface area contributed by atoms with Gasteiger partial charge in [-0.05, 0) is 46.0 Å². The number of rotatable bonds is 4. The van der Waals surface area contributed by atoms with E-state index in [1.165, 1.54) is 0 Å². The zero-order valence-corrected chi connectivity index (χ0v) is 16.7. The van der Waals surface area contributed by atoms with Crippen LogP contribution in [-0.4, -0.2) is 55.1 Å². The van der Waals surface area contributed by atoms with E-state index in [4.69, 9.17) is 5.73 Å². The minimum absolute atomic E-state index is 0. The Morgan fingerprint density at radius 3 is 2.29 bits per heavy atom. The minimum Gasteiger partial charge on any atom is -0.370 e. The van der Waals surface area contributed by atoms with Gasteiger partial charge in [-0.3, -0.25) is 4.79 Å². The average Bonchev–Trinajstić information content (AvgIpc) is 2.48. The van der Waals surface area contributed by atoms with Gasteiger partial charge >= 0.3 is 0 Å². The van der Waals surface area contributed by atoms with Crippen LogP contribution in [0.4, 0.5) is 11.5 Å². The second-order valence-corrected chi connectivity index (χ2v) is 5.86. The zero-order chi connectivity index (χ0) is 15.4. The molecular formula is C15H28Cl3N5O. The van der Waals surface area contributed by atoms with Crippen molar-refractivity contribution in [3.8, 4) is 0 Å². The fraction of sp³-hybridized carbons (Fsp3) is 0.600. The molecule has 1 amide bonds. The second-order valence-electron chi connectivity index (χ2n) is 5.86. The van der Waals surface area contributed by atoms with Crippen LogP contribution >= 0.6 is 37.2 Å². The number of halogens is 3. The highest BCUT2D eigenvalue weighted by atomic mass is 35.5. The molecule has 0 aliphatic carbocycles. The molecule has 1 aromatic rings. The highest BCUT2D eigenvalue weighted by Crippen LogP contribution is 2.21. The van der Waals surface area contributed by atoms with Gasteiger partial charge in [0.25, 0.3) is 0 Å². The predicted molar refractivity (Wildman–Crippen MR) is 107 cm³/mol. The molecule has 1 saturated heterocycles. The van der Waals surface area contributed by atoms with Crippen molar-refractivity contribution >= 4 is 54.6 Å². The summed E-state index contributed by atoms with van der Waals surface area (Å²) in [6.07, 6.45) is 4.14. The lowest BCUT2D eigenvalue weighted by molar-refractivity contribution is -0.117. The van der Waals surface area contributed by atoms with Gasteiger partial charge in [-0.25, -0.2) is 4.98 Å². The Balaban J connectivity index is 0. The minimum atomic E-state index is -0.531. The largest absolute Gasteiger partial charge is 0.370 e. The smallest absolute Gasteiger partial charge is 0.242 e. The molecule has 1 aromatic heterocycles. The Bertz CT molecular complexity index is 477. The van der Waals surface area contributed by atoms with Gasteiger partial charge in [-0.15, -0.1) is 37.2 Å². The second kappa shape index (κ2) is 11.7. The van der Waals surface area contributed by atoms with E-state index in [0.29, 0.717) is 11.9 Å². The first kappa shape index (κ1) is 25.5. The summed E-state index contributed by atoms with van der Waals surface area (Å²) in [7, 11) is 4.27. The first-order chi connectivity index (χ1) is 9.97. The van der Waals surface area contributed by atoms with Gasteiger partial charge in [-0.1, -0.05) is 0 Å². The molecule has 0 saturated carbocycles. The van der Waals surface area contributed by atoms with E-state index in [1.54, 1.807) is 6.92 Å². The standard InChI is InChI=1S/C15H25N5O.3ClH/c1-11(16)15(21)18-14-5-4-13(10-17-14)20-8-6-12(7-9-20)19(2)3;;;/h4-5,10-12H,6-9,16H2,1-3H3,(H,17,18,21);3*1H/t11-;;;/m1.../s1. The van der Waals surface area contributed by atoms with Crippen LogP contribution in [0.1, 0.15) is 19.8 Å². The predicted octanol–water partition coefficient (Wildman–Crippen LogP) is 2.16. The van der Waals surface area contributed by atoms with Crippen LogP contribution in [0, 0.1) is 0 Å². The van der Waals surface area contributed by atoms with E-state index in [9.17, 15) is 4.79 Å². The van der Waals surface area contributed by atoms with Gasteiger partial charge in [0.05, 0.1) is 17.9 Å². The SMILES string of the molecule is C[C@@H](N)C(=O)Nc1ccc(N2CCC(N(C)C)CC2)cn1.Cl.Cl.Cl. The van der Waals surface area contributed by atoms with Gasteiger partial charge in [0.2, 0.25) is 5.91 Å². The summed E-state index contributed by atoms with van der Waals surface area (Å²) in [6, 6.07) is 3.96. The molecule has 140 valence electrons. The number of anilines is 2. The molecule has 6 nitrogen and oxygen atoms in total. The number of pyridine rings is 1. The maximum absolute atomic E-state index is 11.5. The van der Waals surface area contributed by atoms with Gasteiger partial charge in [-0.2, -0.15) is 0 Å². The number of hydrogen-bond acceptors (Lipinski definition) is 5. The van der Waals surface area contributed by atoms with Gasteiger partial charge in [0, 0.05) is 19.1 Å². The molecular weight excluding hydrogens is 373 g/mol.